The number of carbonyl (C=O) groups is 2. The highest BCUT2D eigenvalue weighted by Crippen LogP contribution is 2.22. The smallest absolute Gasteiger partial charge is 0.265 e. The first-order valence-electron chi connectivity index (χ1n) is 5.97. The van der Waals surface area contributed by atoms with Crippen LogP contribution in [0.1, 0.15) is 16.6 Å². The van der Waals surface area contributed by atoms with Crippen LogP contribution in [-0.4, -0.2) is 66.0 Å². The summed E-state index contributed by atoms with van der Waals surface area (Å²) in [5.74, 6) is -0.224. The summed E-state index contributed by atoms with van der Waals surface area (Å²) < 4.78 is 5.59. The Morgan fingerprint density at radius 1 is 1.53 bits per heavy atom. The lowest BCUT2D eigenvalue weighted by atomic mass is 10.0. The van der Waals surface area contributed by atoms with Crippen molar-refractivity contribution < 1.29 is 14.3 Å². The number of hydrogen-bond acceptors (Lipinski definition) is 5. The highest BCUT2D eigenvalue weighted by Gasteiger charge is 2.41. The lowest BCUT2D eigenvalue weighted by Gasteiger charge is -2.40. The summed E-state index contributed by atoms with van der Waals surface area (Å²) in [6, 6.07) is 0. The number of thiazole rings is 1. The van der Waals surface area contributed by atoms with E-state index in [1.54, 1.807) is 37.6 Å². The Hall–Kier alpha value is -1.47. The Morgan fingerprint density at radius 3 is 2.84 bits per heavy atom. The second-order valence-corrected chi connectivity index (χ2v) is 5.76. The second kappa shape index (κ2) is 5.26. The van der Waals surface area contributed by atoms with E-state index in [9.17, 15) is 9.59 Å². The zero-order valence-electron chi connectivity index (χ0n) is 11.3. The third-order valence-electron chi connectivity index (χ3n) is 3.06. The average molecular weight is 283 g/mol. The predicted octanol–water partition coefficient (Wildman–Crippen LogP) is 0.462. The second-order valence-electron chi connectivity index (χ2n) is 4.87. The molecule has 19 heavy (non-hydrogen) atoms. The monoisotopic (exact) mass is 283 g/mol. The highest BCUT2D eigenvalue weighted by molar-refractivity contribution is 7.11. The molecule has 1 saturated heterocycles. The molecule has 6 nitrogen and oxygen atoms in total. The Kier molecular flexibility index (Phi) is 3.86. The lowest BCUT2D eigenvalue weighted by Crippen LogP contribution is -2.58. The normalized spacial score (nSPS) is 23.2. The fourth-order valence-corrected chi connectivity index (χ4v) is 2.71. The first-order valence-corrected chi connectivity index (χ1v) is 6.85. The van der Waals surface area contributed by atoms with E-state index in [0.29, 0.717) is 18.0 Å². The van der Waals surface area contributed by atoms with Crippen LogP contribution in [0.15, 0.2) is 11.7 Å². The van der Waals surface area contributed by atoms with Crippen LogP contribution in [0.5, 0.6) is 0 Å². The summed E-state index contributed by atoms with van der Waals surface area (Å²) in [6.07, 6.45) is 1.55. The van der Waals surface area contributed by atoms with Crippen molar-refractivity contribution in [1.82, 2.24) is 14.8 Å². The van der Waals surface area contributed by atoms with Gasteiger partial charge in [-0.2, -0.15) is 0 Å². The average Bonchev–Trinajstić information content (AvgIpc) is 2.90. The van der Waals surface area contributed by atoms with Gasteiger partial charge in [0.15, 0.2) is 5.60 Å². The number of likely N-dealkylation sites (N-methyl/N-ethyl adjacent to an activating group) is 1. The van der Waals surface area contributed by atoms with Crippen LogP contribution >= 0.6 is 11.3 Å². The van der Waals surface area contributed by atoms with Crippen LogP contribution < -0.4 is 0 Å². The molecule has 1 atom stereocenters. The molecule has 104 valence electrons. The first kappa shape index (κ1) is 14.0. The fourth-order valence-electron chi connectivity index (χ4n) is 2.12. The summed E-state index contributed by atoms with van der Waals surface area (Å²) in [6.45, 7) is 2.84. The number of rotatable bonds is 2. The standard InChI is InChI=1S/C12H17N3O3S/c1-12(11(17)14(2)3)7-15(4-5-18-12)10(16)9-6-13-8-19-9/h6,8H,4-5,7H2,1-3H3/t12-/m1/s1. The van der Waals surface area contributed by atoms with E-state index >= 15 is 0 Å². The van der Waals surface area contributed by atoms with Crippen molar-refractivity contribution in [1.29, 1.82) is 0 Å². The van der Waals surface area contributed by atoms with Crippen molar-refractivity contribution >= 4 is 23.2 Å². The molecule has 1 aliphatic heterocycles. The predicted molar refractivity (Wildman–Crippen MR) is 71.1 cm³/mol. The molecule has 0 aliphatic carbocycles. The molecule has 2 rings (SSSR count). The number of carbonyl (C=O) groups excluding carboxylic acids is 2. The molecule has 0 saturated carbocycles. The Morgan fingerprint density at radius 2 is 2.26 bits per heavy atom. The van der Waals surface area contributed by atoms with Crippen LogP contribution in [-0.2, 0) is 9.53 Å². The number of ether oxygens (including phenoxy) is 1. The number of aromatic nitrogens is 1. The van der Waals surface area contributed by atoms with Crippen LogP contribution in [0.2, 0.25) is 0 Å². The molecule has 2 heterocycles. The third-order valence-corrected chi connectivity index (χ3v) is 3.82. The molecule has 1 aromatic rings. The largest absolute Gasteiger partial charge is 0.362 e. The van der Waals surface area contributed by atoms with Crippen molar-refractivity contribution in [3.8, 4) is 0 Å². The van der Waals surface area contributed by atoms with Gasteiger partial charge in [0.1, 0.15) is 4.88 Å². The van der Waals surface area contributed by atoms with Crippen molar-refractivity contribution in [3.05, 3.63) is 16.6 Å². The Balaban J connectivity index is 2.13. The summed E-state index contributed by atoms with van der Waals surface area (Å²) in [5.41, 5.74) is 0.653. The zero-order valence-corrected chi connectivity index (χ0v) is 12.1. The summed E-state index contributed by atoms with van der Waals surface area (Å²) in [7, 11) is 3.36. The minimum Gasteiger partial charge on any atom is -0.362 e. The third kappa shape index (κ3) is 2.76. The van der Waals surface area contributed by atoms with E-state index in [-0.39, 0.29) is 18.4 Å². The summed E-state index contributed by atoms with van der Waals surface area (Å²) in [5, 5.41) is 0. The minimum atomic E-state index is -0.970. The number of hydrogen-bond donors (Lipinski definition) is 0. The molecule has 1 aliphatic rings. The van der Waals surface area contributed by atoms with Crippen molar-refractivity contribution in [2.45, 2.75) is 12.5 Å². The number of nitrogens with zero attached hydrogens (tertiary/aromatic N) is 3. The lowest BCUT2D eigenvalue weighted by molar-refractivity contribution is -0.162. The van der Waals surface area contributed by atoms with Crippen molar-refractivity contribution in [2.75, 3.05) is 33.8 Å². The fraction of sp³-hybridized carbons (Fsp3) is 0.583. The van der Waals surface area contributed by atoms with Crippen LogP contribution in [0.4, 0.5) is 0 Å². The Labute approximate surface area is 116 Å². The number of amides is 2. The van der Waals surface area contributed by atoms with E-state index in [0.717, 1.165) is 0 Å². The zero-order chi connectivity index (χ0) is 14.0. The maximum atomic E-state index is 12.3. The van der Waals surface area contributed by atoms with Crippen LogP contribution in [0.25, 0.3) is 0 Å². The maximum Gasteiger partial charge on any atom is 0.265 e. The molecule has 2 amide bonds. The van der Waals surface area contributed by atoms with Gasteiger partial charge in [-0.25, -0.2) is 0 Å². The van der Waals surface area contributed by atoms with Gasteiger partial charge in [-0.3, -0.25) is 14.6 Å². The quantitative estimate of drug-likeness (QED) is 0.791. The molecular formula is C12H17N3O3S. The molecule has 1 fully saturated rings. The van der Waals surface area contributed by atoms with E-state index in [1.165, 1.54) is 16.2 Å². The molecule has 0 N–H and O–H groups in total. The first-order chi connectivity index (χ1) is 8.94. The van der Waals surface area contributed by atoms with Gasteiger partial charge in [0, 0.05) is 20.6 Å². The van der Waals surface area contributed by atoms with Gasteiger partial charge >= 0.3 is 0 Å². The van der Waals surface area contributed by atoms with Gasteiger partial charge in [-0.15, -0.1) is 11.3 Å². The summed E-state index contributed by atoms with van der Waals surface area (Å²) >= 11 is 1.30. The van der Waals surface area contributed by atoms with Gasteiger partial charge < -0.3 is 14.5 Å². The minimum absolute atomic E-state index is 0.0939. The molecule has 1 aromatic heterocycles. The number of morpholine rings is 1. The highest BCUT2D eigenvalue weighted by atomic mass is 32.1. The molecule has 0 radical (unpaired) electrons. The molecule has 0 bridgehead atoms. The van der Waals surface area contributed by atoms with Crippen LogP contribution in [0.3, 0.4) is 0 Å². The van der Waals surface area contributed by atoms with Crippen molar-refractivity contribution in [2.24, 2.45) is 0 Å². The maximum absolute atomic E-state index is 12.3. The Bertz CT molecular complexity index is 475. The molecular weight excluding hydrogens is 266 g/mol. The van der Waals surface area contributed by atoms with E-state index < -0.39 is 5.60 Å². The summed E-state index contributed by atoms with van der Waals surface area (Å²) in [4.78, 5) is 32.0. The van der Waals surface area contributed by atoms with Gasteiger partial charge in [0.2, 0.25) is 0 Å². The van der Waals surface area contributed by atoms with E-state index in [4.69, 9.17) is 4.74 Å². The van der Waals surface area contributed by atoms with Crippen LogP contribution in [0, 0.1) is 0 Å². The van der Waals surface area contributed by atoms with Crippen molar-refractivity contribution in [3.63, 3.8) is 0 Å². The van der Waals surface area contributed by atoms with Gasteiger partial charge in [0.05, 0.1) is 24.9 Å². The molecule has 7 heteroatoms. The molecule has 0 spiro atoms. The SMILES string of the molecule is CN(C)C(=O)[C@@]1(C)CN(C(=O)c2cncs2)CCO1. The molecule has 0 aromatic carbocycles. The molecule has 0 unspecified atom stereocenters. The van der Waals surface area contributed by atoms with Gasteiger partial charge in [0.25, 0.3) is 11.8 Å². The van der Waals surface area contributed by atoms with E-state index in [1.807, 2.05) is 0 Å². The van der Waals surface area contributed by atoms with E-state index in [2.05, 4.69) is 4.98 Å². The van der Waals surface area contributed by atoms with Gasteiger partial charge in [-0.05, 0) is 6.92 Å². The van der Waals surface area contributed by atoms with Gasteiger partial charge in [-0.1, -0.05) is 0 Å². The topological polar surface area (TPSA) is 62.7 Å².